The van der Waals surface area contributed by atoms with E-state index in [1.54, 1.807) is 0 Å². The van der Waals surface area contributed by atoms with Crippen LogP contribution < -0.4 is 0 Å². The van der Waals surface area contributed by atoms with Crippen molar-refractivity contribution < 1.29 is 9.90 Å². The van der Waals surface area contributed by atoms with Crippen molar-refractivity contribution >= 4 is 5.91 Å². The molecule has 0 unspecified atom stereocenters. The number of aliphatic hydroxyl groups is 1. The van der Waals surface area contributed by atoms with Crippen molar-refractivity contribution in [2.75, 3.05) is 26.2 Å². The van der Waals surface area contributed by atoms with E-state index in [4.69, 9.17) is 0 Å². The number of carbonyl (C=O) groups is 1. The van der Waals surface area contributed by atoms with E-state index in [1.807, 2.05) is 24.8 Å². The van der Waals surface area contributed by atoms with Crippen LogP contribution in [0.3, 0.4) is 0 Å². The Hall–Kier alpha value is -1.39. The molecule has 1 heterocycles. The van der Waals surface area contributed by atoms with Crippen LogP contribution in [0.2, 0.25) is 0 Å². The molecule has 1 fully saturated rings. The lowest BCUT2D eigenvalue weighted by Gasteiger charge is -2.37. The Bertz CT molecular complexity index is 577. The van der Waals surface area contributed by atoms with Crippen molar-refractivity contribution in [1.82, 2.24) is 9.80 Å². The molecule has 0 aromatic heterocycles. The summed E-state index contributed by atoms with van der Waals surface area (Å²) in [6.07, 6.45) is 4.59. The SMILES string of the molecule is CCN(CC)C(=O)CCC1CCN([C@@H]2Cc3ccccc3[C@H]2O)CC1. The molecule has 0 radical (unpaired) electrons. The summed E-state index contributed by atoms with van der Waals surface area (Å²) < 4.78 is 0. The predicted octanol–water partition coefficient (Wildman–Crippen LogP) is 3.01. The molecule has 0 bridgehead atoms. The first kappa shape index (κ1) is 18.4. The van der Waals surface area contributed by atoms with Crippen LogP contribution in [0.1, 0.15) is 56.8 Å². The second-order valence-electron chi connectivity index (χ2n) is 7.50. The topological polar surface area (TPSA) is 43.8 Å². The van der Waals surface area contributed by atoms with E-state index in [2.05, 4.69) is 23.1 Å². The van der Waals surface area contributed by atoms with Crippen LogP contribution in [0.15, 0.2) is 24.3 Å². The number of fused-ring (bicyclic) bond motifs is 1. The van der Waals surface area contributed by atoms with Crippen LogP contribution in [-0.2, 0) is 11.2 Å². The highest BCUT2D eigenvalue weighted by Gasteiger charge is 2.36. The van der Waals surface area contributed by atoms with E-state index in [0.717, 1.165) is 57.4 Å². The summed E-state index contributed by atoms with van der Waals surface area (Å²) in [6.45, 7) is 7.80. The standard InChI is InChI=1S/C21H32N2O2/c1-3-22(4-2)20(24)10-9-16-11-13-23(14-12-16)19-15-17-7-5-6-8-18(17)21(19)25/h5-8,16,19,21,25H,3-4,9-15H2,1-2H3/t19-,21-/m1/s1. The monoisotopic (exact) mass is 344 g/mol. The first-order valence-electron chi connectivity index (χ1n) is 9.91. The molecule has 1 saturated heterocycles. The molecule has 0 spiro atoms. The number of rotatable bonds is 6. The van der Waals surface area contributed by atoms with Gasteiger partial charge < -0.3 is 10.0 Å². The molecule has 25 heavy (non-hydrogen) atoms. The molecule has 1 aromatic carbocycles. The van der Waals surface area contributed by atoms with Crippen LogP contribution in [0.4, 0.5) is 0 Å². The molecule has 2 atom stereocenters. The lowest BCUT2D eigenvalue weighted by atomic mass is 9.90. The van der Waals surface area contributed by atoms with Gasteiger partial charge in [-0.3, -0.25) is 9.69 Å². The molecule has 0 saturated carbocycles. The summed E-state index contributed by atoms with van der Waals surface area (Å²) >= 11 is 0. The van der Waals surface area contributed by atoms with Crippen LogP contribution >= 0.6 is 0 Å². The fraction of sp³-hybridized carbons (Fsp3) is 0.667. The van der Waals surface area contributed by atoms with Crippen LogP contribution in [0.5, 0.6) is 0 Å². The number of nitrogens with zero attached hydrogens (tertiary/aromatic N) is 2. The van der Waals surface area contributed by atoms with Crippen molar-refractivity contribution in [3.63, 3.8) is 0 Å². The summed E-state index contributed by atoms with van der Waals surface area (Å²) in [5.74, 6) is 0.950. The Morgan fingerprint density at radius 3 is 2.52 bits per heavy atom. The van der Waals surface area contributed by atoms with Gasteiger partial charge in [0.15, 0.2) is 0 Å². The molecule has 2 aliphatic rings. The van der Waals surface area contributed by atoms with Gasteiger partial charge in [0.1, 0.15) is 0 Å². The third-order valence-corrected chi connectivity index (χ3v) is 6.17. The molecule has 4 heteroatoms. The second kappa shape index (κ2) is 8.33. The molecular formula is C21H32N2O2. The third-order valence-electron chi connectivity index (χ3n) is 6.17. The Balaban J connectivity index is 1.46. The maximum absolute atomic E-state index is 12.2. The summed E-state index contributed by atoms with van der Waals surface area (Å²) in [4.78, 5) is 16.6. The van der Waals surface area contributed by atoms with Crippen molar-refractivity contribution in [2.24, 2.45) is 5.92 Å². The van der Waals surface area contributed by atoms with E-state index in [0.29, 0.717) is 18.2 Å². The van der Waals surface area contributed by atoms with Crippen molar-refractivity contribution in [1.29, 1.82) is 0 Å². The van der Waals surface area contributed by atoms with Crippen LogP contribution in [0, 0.1) is 5.92 Å². The van der Waals surface area contributed by atoms with Gasteiger partial charge in [-0.05, 0) is 69.7 Å². The van der Waals surface area contributed by atoms with E-state index in [-0.39, 0.29) is 12.1 Å². The number of hydrogen-bond acceptors (Lipinski definition) is 3. The van der Waals surface area contributed by atoms with E-state index in [9.17, 15) is 9.90 Å². The third kappa shape index (κ3) is 4.06. The molecule has 1 aromatic rings. The van der Waals surface area contributed by atoms with E-state index >= 15 is 0 Å². The average Bonchev–Trinajstić information content (AvgIpc) is 2.98. The Morgan fingerprint density at radius 1 is 1.20 bits per heavy atom. The van der Waals surface area contributed by atoms with Gasteiger partial charge in [0.05, 0.1) is 6.10 Å². The molecular weight excluding hydrogens is 312 g/mol. The normalized spacial score (nSPS) is 24.3. The van der Waals surface area contributed by atoms with Gasteiger partial charge in [-0.25, -0.2) is 0 Å². The average molecular weight is 344 g/mol. The smallest absolute Gasteiger partial charge is 0.222 e. The van der Waals surface area contributed by atoms with Gasteiger partial charge in [0.2, 0.25) is 5.91 Å². The minimum Gasteiger partial charge on any atom is -0.387 e. The number of likely N-dealkylation sites (tertiary alicyclic amines) is 1. The zero-order chi connectivity index (χ0) is 17.8. The van der Waals surface area contributed by atoms with Crippen LogP contribution in [0.25, 0.3) is 0 Å². The number of carbonyl (C=O) groups excluding carboxylic acids is 1. The van der Waals surface area contributed by atoms with Gasteiger partial charge in [-0.15, -0.1) is 0 Å². The van der Waals surface area contributed by atoms with Crippen LogP contribution in [-0.4, -0.2) is 53.0 Å². The first-order chi connectivity index (χ1) is 12.1. The summed E-state index contributed by atoms with van der Waals surface area (Å²) in [5.41, 5.74) is 2.41. The number of aliphatic hydroxyl groups excluding tert-OH is 1. The van der Waals surface area contributed by atoms with Gasteiger partial charge in [-0.2, -0.15) is 0 Å². The minimum atomic E-state index is -0.350. The highest BCUT2D eigenvalue weighted by molar-refractivity contribution is 5.76. The lowest BCUT2D eigenvalue weighted by Crippen LogP contribution is -2.43. The number of amides is 1. The second-order valence-corrected chi connectivity index (χ2v) is 7.50. The highest BCUT2D eigenvalue weighted by atomic mass is 16.3. The summed E-state index contributed by atoms with van der Waals surface area (Å²) in [7, 11) is 0. The quantitative estimate of drug-likeness (QED) is 0.863. The summed E-state index contributed by atoms with van der Waals surface area (Å²) in [5, 5.41) is 10.7. The van der Waals surface area contributed by atoms with Gasteiger partial charge in [-0.1, -0.05) is 24.3 Å². The molecule has 1 amide bonds. The molecule has 1 N–H and O–H groups in total. The Morgan fingerprint density at radius 2 is 1.88 bits per heavy atom. The summed E-state index contributed by atoms with van der Waals surface area (Å²) in [6, 6.07) is 8.52. The van der Waals surface area contributed by atoms with E-state index < -0.39 is 0 Å². The molecule has 3 rings (SSSR count). The first-order valence-corrected chi connectivity index (χ1v) is 9.91. The predicted molar refractivity (Wildman–Crippen MR) is 100 cm³/mol. The minimum absolute atomic E-state index is 0.232. The Labute approximate surface area is 151 Å². The molecule has 4 nitrogen and oxygen atoms in total. The fourth-order valence-electron chi connectivity index (χ4n) is 4.52. The molecule has 138 valence electrons. The zero-order valence-electron chi connectivity index (χ0n) is 15.7. The largest absolute Gasteiger partial charge is 0.387 e. The molecule has 1 aliphatic carbocycles. The maximum atomic E-state index is 12.2. The van der Waals surface area contributed by atoms with Gasteiger partial charge in [0, 0.05) is 25.6 Å². The number of piperidine rings is 1. The van der Waals surface area contributed by atoms with Gasteiger partial charge in [0.25, 0.3) is 0 Å². The fourth-order valence-corrected chi connectivity index (χ4v) is 4.52. The van der Waals surface area contributed by atoms with Crippen molar-refractivity contribution in [3.8, 4) is 0 Å². The van der Waals surface area contributed by atoms with Crippen molar-refractivity contribution in [3.05, 3.63) is 35.4 Å². The maximum Gasteiger partial charge on any atom is 0.222 e. The lowest BCUT2D eigenvalue weighted by molar-refractivity contribution is -0.131. The van der Waals surface area contributed by atoms with Crippen molar-refractivity contribution in [2.45, 2.75) is 58.1 Å². The highest BCUT2D eigenvalue weighted by Crippen LogP contribution is 2.36. The number of hydrogen-bond donors (Lipinski definition) is 1. The number of benzene rings is 1. The Kier molecular flexibility index (Phi) is 6.13. The molecule has 1 aliphatic heterocycles. The zero-order valence-corrected chi connectivity index (χ0v) is 15.7. The van der Waals surface area contributed by atoms with Gasteiger partial charge >= 0.3 is 0 Å². The van der Waals surface area contributed by atoms with E-state index in [1.165, 1.54) is 5.56 Å².